The molecule has 2 atom stereocenters. The van der Waals surface area contributed by atoms with E-state index in [1.165, 1.54) is 32.1 Å². The van der Waals surface area contributed by atoms with Crippen LogP contribution in [0.25, 0.3) is 0 Å². The second kappa shape index (κ2) is 9.15. The van der Waals surface area contributed by atoms with Gasteiger partial charge in [-0.2, -0.15) is 0 Å². The lowest BCUT2D eigenvalue weighted by Crippen LogP contribution is -2.43. The van der Waals surface area contributed by atoms with Gasteiger partial charge >= 0.3 is 0 Å². The van der Waals surface area contributed by atoms with Gasteiger partial charge in [0.05, 0.1) is 0 Å². The van der Waals surface area contributed by atoms with Gasteiger partial charge in [-0.25, -0.2) is 0 Å². The smallest absolute Gasteiger partial charge is 0.243 e. The van der Waals surface area contributed by atoms with E-state index in [0.29, 0.717) is 0 Å². The molecule has 0 aromatic heterocycles. The summed E-state index contributed by atoms with van der Waals surface area (Å²) in [7, 11) is 0. The van der Waals surface area contributed by atoms with E-state index in [2.05, 4.69) is 12.2 Å². The second-order valence-electron chi connectivity index (χ2n) is 5.32. The van der Waals surface area contributed by atoms with Crippen molar-refractivity contribution in [3.05, 3.63) is 12.2 Å². The number of allylic oxidation sites excluding steroid dienone is 1. The third kappa shape index (κ3) is 6.20. The van der Waals surface area contributed by atoms with Crippen LogP contribution in [0.2, 0.25) is 0 Å². The zero-order chi connectivity index (χ0) is 13.2. The molecule has 104 valence electrons. The summed E-state index contributed by atoms with van der Waals surface area (Å²) in [5, 5.41) is 2.99. The Bertz CT molecular complexity index is 263. The monoisotopic (exact) mass is 252 g/mol. The predicted octanol–water partition coefficient (Wildman–Crippen LogP) is 2.90. The van der Waals surface area contributed by atoms with E-state index >= 15 is 0 Å². The number of nitrogens with two attached hydrogens (primary N) is 1. The Kier molecular flexibility index (Phi) is 7.74. The van der Waals surface area contributed by atoms with Crippen molar-refractivity contribution in [3.63, 3.8) is 0 Å². The minimum Gasteiger partial charge on any atom is -0.348 e. The van der Waals surface area contributed by atoms with Crippen LogP contribution < -0.4 is 11.1 Å². The highest BCUT2D eigenvalue weighted by molar-refractivity contribution is 5.87. The molecule has 1 aliphatic carbocycles. The maximum Gasteiger partial charge on any atom is 0.243 e. The van der Waals surface area contributed by atoms with Crippen molar-refractivity contribution in [3.8, 4) is 0 Å². The summed E-state index contributed by atoms with van der Waals surface area (Å²) >= 11 is 0. The fraction of sp³-hybridized carbons (Fsp3) is 0.800. The zero-order valence-electron chi connectivity index (χ0n) is 11.7. The lowest BCUT2D eigenvalue weighted by Gasteiger charge is -2.15. The third-order valence-electron chi connectivity index (χ3n) is 3.64. The van der Waals surface area contributed by atoms with Gasteiger partial charge < -0.3 is 11.1 Å². The fourth-order valence-electron chi connectivity index (χ4n) is 2.45. The Labute approximate surface area is 111 Å². The van der Waals surface area contributed by atoms with E-state index < -0.39 is 0 Å². The van der Waals surface area contributed by atoms with Crippen LogP contribution in [0.3, 0.4) is 0 Å². The second-order valence-corrected chi connectivity index (χ2v) is 5.32. The van der Waals surface area contributed by atoms with Crippen LogP contribution in [0, 0.1) is 0 Å². The molecule has 0 radical (unpaired) electrons. The molecular weight excluding hydrogens is 224 g/mol. The summed E-state index contributed by atoms with van der Waals surface area (Å²) in [6.07, 6.45) is 14.2. The zero-order valence-corrected chi connectivity index (χ0v) is 11.7. The molecule has 1 saturated carbocycles. The highest BCUT2D eigenvalue weighted by Gasteiger charge is 2.24. The highest BCUT2D eigenvalue weighted by atomic mass is 16.1. The van der Waals surface area contributed by atoms with Crippen LogP contribution in [-0.2, 0) is 4.79 Å². The molecule has 0 aromatic rings. The topological polar surface area (TPSA) is 55.1 Å². The first-order valence-electron chi connectivity index (χ1n) is 7.46. The van der Waals surface area contributed by atoms with E-state index in [0.717, 1.165) is 25.7 Å². The van der Waals surface area contributed by atoms with Gasteiger partial charge in [0.15, 0.2) is 0 Å². The Hall–Kier alpha value is -0.830. The van der Waals surface area contributed by atoms with Gasteiger partial charge in [-0.15, -0.1) is 0 Å². The molecular formula is C15H28N2O. The maximum absolute atomic E-state index is 11.6. The number of nitrogens with one attached hydrogen (secondary N) is 1. The summed E-state index contributed by atoms with van der Waals surface area (Å²) in [5.74, 6) is 0.0194. The first kappa shape index (κ1) is 15.2. The van der Waals surface area contributed by atoms with Gasteiger partial charge in [0, 0.05) is 12.1 Å². The number of carbonyl (C=O) groups excluding carboxylic acids is 1. The maximum atomic E-state index is 11.6. The summed E-state index contributed by atoms with van der Waals surface area (Å²) < 4.78 is 0. The van der Waals surface area contributed by atoms with Gasteiger partial charge in [0.25, 0.3) is 0 Å². The van der Waals surface area contributed by atoms with Crippen molar-refractivity contribution in [2.45, 2.75) is 76.8 Å². The van der Waals surface area contributed by atoms with Gasteiger partial charge in [0.2, 0.25) is 5.91 Å². The average molecular weight is 252 g/mol. The van der Waals surface area contributed by atoms with Crippen LogP contribution in [0.4, 0.5) is 0 Å². The van der Waals surface area contributed by atoms with E-state index in [1.807, 2.05) is 6.08 Å². The Morgan fingerprint density at radius 3 is 2.72 bits per heavy atom. The first-order chi connectivity index (χ1) is 8.74. The van der Waals surface area contributed by atoms with E-state index in [-0.39, 0.29) is 18.0 Å². The van der Waals surface area contributed by atoms with Crippen LogP contribution in [0.1, 0.15) is 64.7 Å². The van der Waals surface area contributed by atoms with Crippen molar-refractivity contribution in [2.24, 2.45) is 5.73 Å². The van der Waals surface area contributed by atoms with Gasteiger partial charge in [-0.05, 0) is 38.2 Å². The molecule has 3 nitrogen and oxygen atoms in total. The summed E-state index contributed by atoms with van der Waals surface area (Å²) in [4.78, 5) is 11.6. The average Bonchev–Trinajstić information content (AvgIpc) is 2.74. The van der Waals surface area contributed by atoms with Crippen molar-refractivity contribution < 1.29 is 4.79 Å². The number of carbonyl (C=O) groups is 1. The lowest BCUT2D eigenvalue weighted by atomic mass is 10.1. The van der Waals surface area contributed by atoms with Crippen LogP contribution in [0.15, 0.2) is 12.2 Å². The number of unbranched alkanes of at least 4 members (excludes halogenated alkanes) is 5. The molecule has 0 aliphatic heterocycles. The van der Waals surface area contributed by atoms with Crippen LogP contribution in [0.5, 0.6) is 0 Å². The minimum atomic E-state index is 0.0194. The van der Waals surface area contributed by atoms with E-state index in [1.54, 1.807) is 6.08 Å². The fourth-order valence-corrected chi connectivity index (χ4v) is 2.45. The molecule has 1 amide bonds. The molecule has 0 bridgehead atoms. The van der Waals surface area contributed by atoms with Crippen molar-refractivity contribution in [2.75, 3.05) is 0 Å². The number of hydrogen-bond acceptors (Lipinski definition) is 2. The molecule has 1 rings (SSSR count). The number of amides is 1. The van der Waals surface area contributed by atoms with Gasteiger partial charge in [-0.1, -0.05) is 38.7 Å². The van der Waals surface area contributed by atoms with Crippen molar-refractivity contribution in [1.29, 1.82) is 0 Å². The van der Waals surface area contributed by atoms with Gasteiger partial charge in [0.1, 0.15) is 0 Å². The molecule has 3 heteroatoms. The van der Waals surface area contributed by atoms with Crippen LogP contribution in [-0.4, -0.2) is 18.0 Å². The molecule has 0 unspecified atom stereocenters. The Morgan fingerprint density at radius 2 is 2.06 bits per heavy atom. The summed E-state index contributed by atoms with van der Waals surface area (Å²) in [6.45, 7) is 2.22. The minimum absolute atomic E-state index is 0.0194. The molecule has 1 aliphatic rings. The molecule has 0 spiro atoms. The Morgan fingerprint density at radius 1 is 1.28 bits per heavy atom. The standard InChI is InChI=1S/C15H28N2O/c1-2-3-4-5-6-7-8-12-15(18)17-14-11-9-10-13(14)16/h8,12-14H,2-7,9-11,16H2,1H3,(H,17,18)/b12-8+/t13-,14+/m1/s1. The quantitative estimate of drug-likeness (QED) is 0.515. The molecule has 0 heterocycles. The molecule has 0 aromatic carbocycles. The van der Waals surface area contributed by atoms with Crippen molar-refractivity contribution >= 4 is 5.91 Å². The third-order valence-corrected chi connectivity index (χ3v) is 3.64. The van der Waals surface area contributed by atoms with E-state index in [4.69, 9.17) is 5.73 Å². The predicted molar refractivity (Wildman–Crippen MR) is 76.3 cm³/mol. The molecule has 18 heavy (non-hydrogen) atoms. The summed E-state index contributed by atoms with van der Waals surface area (Å²) in [5.41, 5.74) is 5.91. The molecule has 3 N–H and O–H groups in total. The molecule has 1 fully saturated rings. The molecule has 0 saturated heterocycles. The highest BCUT2D eigenvalue weighted by Crippen LogP contribution is 2.16. The van der Waals surface area contributed by atoms with Crippen molar-refractivity contribution in [1.82, 2.24) is 5.32 Å². The Balaban J connectivity index is 2.04. The van der Waals surface area contributed by atoms with Crippen LogP contribution >= 0.6 is 0 Å². The first-order valence-corrected chi connectivity index (χ1v) is 7.46. The largest absolute Gasteiger partial charge is 0.348 e. The lowest BCUT2D eigenvalue weighted by molar-refractivity contribution is -0.117. The van der Waals surface area contributed by atoms with E-state index in [9.17, 15) is 4.79 Å². The normalized spacial score (nSPS) is 23.7. The SMILES string of the molecule is CCCCCCC/C=C/C(=O)N[C@H]1CCC[C@H]1N. The number of rotatable bonds is 8. The summed E-state index contributed by atoms with van der Waals surface area (Å²) in [6, 6.07) is 0.336. The number of hydrogen-bond donors (Lipinski definition) is 2. The van der Waals surface area contributed by atoms with Gasteiger partial charge in [-0.3, -0.25) is 4.79 Å².